The van der Waals surface area contributed by atoms with Gasteiger partial charge in [0.2, 0.25) is 5.88 Å². The molecule has 2 heterocycles. The minimum absolute atomic E-state index is 0.0538. The van der Waals surface area contributed by atoms with Crippen LogP contribution in [0.15, 0.2) is 53.6 Å². The summed E-state index contributed by atoms with van der Waals surface area (Å²) in [5.74, 6) is -0.774. The van der Waals surface area contributed by atoms with E-state index in [2.05, 4.69) is 14.7 Å². The molecule has 1 aromatic carbocycles. The Kier molecular flexibility index (Phi) is 9.43. The minimum Gasteiger partial charge on any atom is -0.493 e. The van der Waals surface area contributed by atoms with Crippen LogP contribution >= 0.6 is 0 Å². The Hall–Kier alpha value is -3.53. The number of ether oxygens (including phenoxy) is 2. The van der Waals surface area contributed by atoms with Crippen LogP contribution in [0.2, 0.25) is 0 Å². The lowest BCUT2D eigenvalue weighted by Crippen LogP contribution is -2.32. The fraction of sp³-hybridized carbons (Fsp3) is 0.393. The van der Waals surface area contributed by atoms with Crippen molar-refractivity contribution in [2.75, 3.05) is 6.61 Å². The van der Waals surface area contributed by atoms with Gasteiger partial charge in [-0.15, -0.1) is 0 Å². The molecular formula is C28H34FN3O5S. The number of carbonyl (C=O) groups is 1. The molecule has 0 aliphatic rings. The van der Waals surface area contributed by atoms with Crippen LogP contribution in [0.1, 0.15) is 57.1 Å². The van der Waals surface area contributed by atoms with Gasteiger partial charge >= 0.3 is 0 Å². The predicted molar refractivity (Wildman–Crippen MR) is 143 cm³/mol. The van der Waals surface area contributed by atoms with Crippen molar-refractivity contribution in [1.29, 1.82) is 0 Å². The molecule has 1 atom stereocenters. The minimum atomic E-state index is -4.24. The van der Waals surface area contributed by atoms with Crippen molar-refractivity contribution in [3.8, 4) is 22.9 Å². The highest BCUT2D eigenvalue weighted by Crippen LogP contribution is 2.29. The molecule has 0 spiro atoms. The summed E-state index contributed by atoms with van der Waals surface area (Å²) < 4.78 is 53.9. The molecule has 0 radical (unpaired) electrons. The first-order valence-corrected chi connectivity index (χ1v) is 14.0. The smallest absolute Gasteiger partial charge is 0.281 e. The molecule has 204 valence electrons. The quantitative estimate of drug-likeness (QED) is 0.337. The number of aromatic nitrogens is 2. The summed E-state index contributed by atoms with van der Waals surface area (Å²) in [5.41, 5.74) is 1.18. The maximum Gasteiger partial charge on any atom is 0.281 e. The van der Waals surface area contributed by atoms with Crippen molar-refractivity contribution in [2.45, 2.75) is 59.1 Å². The number of amides is 1. The van der Waals surface area contributed by atoms with Crippen molar-refractivity contribution in [3.05, 3.63) is 65.6 Å². The predicted octanol–water partition coefficient (Wildman–Crippen LogP) is 5.56. The van der Waals surface area contributed by atoms with Crippen molar-refractivity contribution in [3.63, 3.8) is 0 Å². The van der Waals surface area contributed by atoms with Gasteiger partial charge < -0.3 is 9.47 Å². The third-order valence-corrected chi connectivity index (χ3v) is 6.86. The average Bonchev–Trinajstić information content (AvgIpc) is 2.85. The summed E-state index contributed by atoms with van der Waals surface area (Å²) in [7, 11) is -4.24. The molecule has 10 heteroatoms. The van der Waals surface area contributed by atoms with Crippen LogP contribution in [0.4, 0.5) is 4.39 Å². The molecule has 1 unspecified atom stereocenters. The lowest BCUT2D eigenvalue weighted by molar-refractivity contribution is 0.0963. The fourth-order valence-electron chi connectivity index (χ4n) is 3.65. The van der Waals surface area contributed by atoms with Crippen LogP contribution in [-0.2, 0) is 10.0 Å². The SMILES string of the molecule is CCC(Oc1nc(-c2cc(F)cc(OCC(C)C)c2)ccc1C(=O)NS(=O)(=O)c1cccc(C)n1)C(C)C. The monoisotopic (exact) mass is 543 g/mol. The van der Waals surface area contributed by atoms with Gasteiger partial charge in [-0.2, -0.15) is 8.42 Å². The second-order valence-corrected chi connectivity index (χ2v) is 11.4. The van der Waals surface area contributed by atoms with Gasteiger partial charge in [0, 0.05) is 17.3 Å². The van der Waals surface area contributed by atoms with E-state index in [9.17, 15) is 17.6 Å². The zero-order valence-corrected chi connectivity index (χ0v) is 23.3. The molecule has 0 fully saturated rings. The molecule has 0 aliphatic heterocycles. The topological polar surface area (TPSA) is 107 Å². The molecule has 8 nitrogen and oxygen atoms in total. The van der Waals surface area contributed by atoms with Crippen LogP contribution in [0.5, 0.6) is 11.6 Å². The normalized spacial score (nSPS) is 12.4. The number of hydrogen-bond acceptors (Lipinski definition) is 7. The molecule has 2 aromatic heterocycles. The summed E-state index contributed by atoms with van der Waals surface area (Å²) in [6.07, 6.45) is 0.334. The van der Waals surface area contributed by atoms with Crippen LogP contribution < -0.4 is 14.2 Å². The Morgan fingerprint density at radius 3 is 2.42 bits per heavy atom. The largest absolute Gasteiger partial charge is 0.493 e. The fourth-order valence-corrected chi connectivity index (χ4v) is 4.63. The van der Waals surface area contributed by atoms with Gasteiger partial charge in [-0.05, 0) is 61.6 Å². The third-order valence-electron chi connectivity index (χ3n) is 5.63. The lowest BCUT2D eigenvalue weighted by Gasteiger charge is -2.22. The van der Waals surface area contributed by atoms with Gasteiger partial charge in [0.15, 0.2) is 5.03 Å². The number of nitrogens with one attached hydrogen (secondary N) is 1. The summed E-state index contributed by atoms with van der Waals surface area (Å²) in [6.45, 7) is 11.9. The third kappa shape index (κ3) is 7.50. The van der Waals surface area contributed by atoms with Crippen molar-refractivity contribution >= 4 is 15.9 Å². The Morgan fingerprint density at radius 2 is 1.79 bits per heavy atom. The zero-order chi connectivity index (χ0) is 28.0. The first-order valence-electron chi connectivity index (χ1n) is 12.5. The Balaban J connectivity index is 2.02. The zero-order valence-electron chi connectivity index (χ0n) is 22.5. The van der Waals surface area contributed by atoms with E-state index in [1.807, 2.05) is 34.6 Å². The van der Waals surface area contributed by atoms with Crippen LogP contribution in [0.25, 0.3) is 11.3 Å². The molecule has 3 aromatic rings. The van der Waals surface area contributed by atoms with Crippen LogP contribution in [-0.4, -0.2) is 37.0 Å². The molecule has 3 rings (SSSR count). The van der Waals surface area contributed by atoms with E-state index in [1.54, 1.807) is 25.1 Å². The van der Waals surface area contributed by atoms with E-state index in [1.165, 1.54) is 30.3 Å². The van der Waals surface area contributed by atoms with E-state index < -0.39 is 21.7 Å². The Morgan fingerprint density at radius 1 is 1.05 bits per heavy atom. The number of halogens is 1. The first-order chi connectivity index (χ1) is 17.9. The van der Waals surface area contributed by atoms with Gasteiger partial charge in [-0.25, -0.2) is 19.1 Å². The summed E-state index contributed by atoms with van der Waals surface area (Å²) in [4.78, 5) is 21.7. The number of rotatable bonds is 11. The number of sulfonamides is 1. The molecule has 0 bridgehead atoms. The number of nitrogens with zero attached hydrogens (tertiary/aromatic N) is 2. The standard InChI is InChI=1S/C28H34FN3O5S/c1-7-25(18(4)5)37-28-23(27(33)32-38(34,35)26-10-8-9-19(6)30-26)11-12-24(31-28)20-13-21(29)15-22(14-20)36-16-17(2)3/h8-15,17-18,25H,7,16H2,1-6H3,(H,32,33). The molecule has 0 aliphatic carbocycles. The van der Waals surface area contributed by atoms with Gasteiger partial charge in [-0.1, -0.05) is 40.7 Å². The number of carbonyl (C=O) groups excluding carboxylic acids is 1. The van der Waals surface area contributed by atoms with Crippen LogP contribution in [0.3, 0.4) is 0 Å². The highest BCUT2D eigenvalue weighted by Gasteiger charge is 2.25. The second-order valence-electron chi connectivity index (χ2n) is 9.79. The van der Waals surface area contributed by atoms with Crippen LogP contribution in [0, 0.1) is 24.6 Å². The molecule has 1 N–H and O–H groups in total. The van der Waals surface area contributed by atoms with E-state index in [0.717, 1.165) is 0 Å². The summed E-state index contributed by atoms with van der Waals surface area (Å²) in [6, 6.07) is 11.7. The van der Waals surface area contributed by atoms with Crippen molar-refractivity contribution in [2.24, 2.45) is 11.8 Å². The maximum atomic E-state index is 14.4. The molecule has 0 saturated carbocycles. The molecular weight excluding hydrogens is 509 g/mol. The van der Waals surface area contributed by atoms with E-state index in [0.29, 0.717) is 35.7 Å². The number of pyridine rings is 2. The van der Waals surface area contributed by atoms with E-state index >= 15 is 0 Å². The Labute approximate surface area is 223 Å². The van der Waals surface area contributed by atoms with Crippen molar-refractivity contribution < 1.29 is 27.1 Å². The van der Waals surface area contributed by atoms with E-state index in [-0.39, 0.29) is 34.4 Å². The van der Waals surface area contributed by atoms with Gasteiger partial charge in [-0.3, -0.25) is 4.79 Å². The number of hydrogen-bond donors (Lipinski definition) is 1. The van der Waals surface area contributed by atoms with Gasteiger partial charge in [0.1, 0.15) is 23.2 Å². The Bertz CT molecular complexity index is 1390. The molecule has 0 saturated heterocycles. The highest BCUT2D eigenvalue weighted by molar-refractivity contribution is 7.90. The maximum absolute atomic E-state index is 14.4. The summed E-state index contributed by atoms with van der Waals surface area (Å²) >= 11 is 0. The number of benzene rings is 1. The molecule has 1 amide bonds. The second kappa shape index (κ2) is 12.3. The average molecular weight is 544 g/mol. The van der Waals surface area contributed by atoms with Gasteiger partial charge in [0.05, 0.1) is 12.3 Å². The van der Waals surface area contributed by atoms with E-state index in [4.69, 9.17) is 9.47 Å². The molecule has 38 heavy (non-hydrogen) atoms. The lowest BCUT2D eigenvalue weighted by atomic mass is 10.0. The highest BCUT2D eigenvalue weighted by atomic mass is 32.2. The summed E-state index contributed by atoms with van der Waals surface area (Å²) in [5, 5.41) is -0.278. The first kappa shape index (κ1) is 29.0. The van der Waals surface area contributed by atoms with Crippen molar-refractivity contribution in [1.82, 2.24) is 14.7 Å². The number of aryl methyl sites for hydroxylation is 1. The van der Waals surface area contributed by atoms with Gasteiger partial charge in [0.25, 0.3) is 15.9 Å².